The molecule has 3 rings (SSSR count). The van der Waals surface area contributed by atoms with Gasteiger partial charge in [-0.05, 0) is 53.6 Å². The van der Waals surface area contributed by atoms with E-state index in [1.165, 1.54) is 42.5 Å². The molecule has 4 nitrogen and oxygen atoms in total. The molecule has 1 N–H and O–H groups in total. The number of carboxylic acids is 1. The number of aliphatic carboxylic acids is 1. The average molecular weight is 376 g/mol. The maximum Gasteiger partial charge on any atom is 0.341 e. The molecule has 0 atom stereocenters. The van der Waals surface area contributed by atoms with Crippen molar-refractivity contribution in [1.29, 1.82) is 0 Å². The first kappa shape index (κ1) is 17.8. The number of hydrogen-bond donors (Lipinski definition) is 1. The highest BCUT2D eigenvalue weighted by Crippen LogP contribution is 2.30. The van der Waals surface area contributed by atoms with E-state index in [9.17, 15) is 13.6 Å². The zero-order chi connectivity index (χ0) is 18.7. The Hall–Kier alpha value is -2.99. The molecule has 0 aliphatic carbocycles. The molecule has 0 amide bonds. The summed E-state index contributed by atoms with van der Waals surface area (Å²) >= 11 is 5.71. The molecular formula is C19H12ClF2NO3. The highest BCUT2D eigenvalue weighted by Gasteiger charge is 2.11. The van der Waals surface area contributed by atoms with E-state index in [-0.39, 0.29) is 10.9 Å². The first-order valence-corrected chi connectivity index (χ1v) is 7.88. The summed E-state index contributed by atoms with van der Waals surface area (Å²) in [6.07, 6.45) is 0. The van der Waals surface area contributed by atoms with E-state index in [1.807, 2.05) is 0 Å². The van der Waals surface area contributed by atoms with Crippen LogP contribution < -0.4 is 4.74 Å². The van der Waals surface area contributed by atoms with Crippen molar-refractivity contribution in [1.82, 2.24) is 4.98 Å². The van der Waals surface area contributed by atoms with Gasteiger partial charge in [-0.3, -0.25) is 0 Å². The maximum absolute atomic E-state index is 13.8. The largest absolute Gasteiger partial charge is 0.479 e. The average Bonchev–Trinajstić information content (AvgIpc) is 2.62. The van der Waals surface area contributed by atoms with Gasteiger partial charge >= 0.3 is 5.97 Å². The van der Waals surface area contributed by atoms with E-state index in [2.05, 4.69) is 4.98 Å². The summed E-state index contributed by atoms with van der Waals surface area (Å²) in [5.41, 5.74) is 2.09. The van der Waals surface area contributed by atoms with Gasteiger partial charge in [0, 0.05) is 11.6 Å². The van der Waals surface area contributed by atoms with Crippen molar-refractivity contribution in [3.05, 3.63) is 71.3 Å². The van der Waals surface area contributed by atoms with Crippen LogP contribution in [0.4, 0.5) is 8.78 Å². The lowest BCUT2D eigenvalue weighted by molar-refractivity contribution is -0.139. The molecule has 0 aliphatic rings. The second-order valence-corrected chi connectivity index (χ2v) is 5.80. The summed E-state index contributed by atoms with van der Waals surface area (Å²) in [7, 11) is 0. The predicted octanol–water partition coefficient (Wildman–Crippen LogP) is 4.81. The van der Waals surface area contributed by atoms with Crippen LogP contribution >= 0.6 is 11.6 Å². The lowest BCUT2D eigenvalue weighted by atomic mass is 10.0. The van der Waals surface area contributed by atoms with Gasteiger partial charge in [-0.1, -0.05) is 17.7 Å². The van der Waals surface area contributed by atoms with Crippen LogP contribution in [0.1, 0.15) is 0 Å². The molecule has 7 heteroatoms. The minimum atomic E-state index is -1.15. The molecule has 3 aromatic rings. The molecule has 0 fully saturated rings. The maximum atomic E-state index is 13.8. The number of benzene rings is 2. The molecule has 0 spiro atoms. The number of rotatable bonds is 5. The second kappa shape index (κ2) is 7.49. The van der Waals surface area contributed by atoms with Gasteiger partial charge in [0.1, 0.15) is 11.6 Å². The standard InChI is InChI=1S/C19H12ClF2NO3/c20-15-6-3-12(7-16(15)22)13-8-17(11-1-4-14(21)5-2-11)23-18(9-13)26-10-19(24)25/h1-9H,10H2,(H,24,25). The number of halogens is 3. The number of carboxylic acid groups (broad SMARTS) is 1. The van der Waals surface area contributed by atoms with Crippen LogP contribution in [0.25, 0.3) is 22.4 Å². The second-order valence-electron chi connectivity index (χ2n) is 5.40. The fourth-order valence-electron chi connectivity index (χ4n) is 2.33. The molecule has 26 heavy (non-hydrogen) atoms. The van der Waals surface area contributed by atoms with Crippen molar-refractivity contribution in [3.63, 3.8) is 0 Å². The summed E-state index contributed by atoms with van der Waals surface area (Å²) in [6, 6.07) is 13.1. The van der Waals surface area contributed by atoms with Crippen molar-refractivity contribution in [2.75, 3.05) is 6.61 Å². The van der Waals surface area contributed by atoms with Gasteiger partial charge in [0.25, 0.3) is 0 Å². The van der Waals surface area contributed by atoms with Crippen LogP contribution in [-0.2, 0) is 4.79 Å². The van der Waals surface area contributed by atoms with Crippen molar-refractivity contribution < 1.29 is 23.4 Å². The Morgan fingerprint density at radius 3 is 2.35 bits per heavy atom. The third kappa shape index (κ3) is 4.15. The number of pyridine rings is 1. The molecule has 0 bridgehead atoms. The Morgan fingerprint density at radius 2 is 1.69 bits per heavy atom. The fraction of sp³-hybridized carbons (Fsp3) is 0.0526. The van der Waals surface area contributed by atoms with Crippen LogP contribution in [0.5, 0.6) is 5.88 Å². The topological polar surface area (TPSA) is 59.4 Å². The van der Waals surface area contributed by atoms with E-state index >= 15 is 0 Å². The van der Waals surface area contributed by atoms with Gasteiger partial charge in [-0.2, -0.15) is 0 Å². The van der Waals surface area contributed by atoms with Crippen molar-refractivity contribution in [2.45, 2.75) is 0 Å². The third-order valence-corrected chi connectivity index (χ3v) is 3.84. The molecule has 0 unspecified atom stereocenters. The summed E-state index contributed by atoms with van der Waals surface area (Å²) in [5.74, 6) is -2.08. The van der Waals surface area contributed by atoms with Crippen LogP contribution in [-0.4, -0.2) is 22.7 Å². The fourth-order valence-corrected chi connectivity index (χ4v) is 2.44. The van der Waals surface area contributed by atoms with E-state index in [0.717, 1.165) is 0 Å². The van der Waals surface area contributed by atoms with Crippen molar-refractivity contribution >= 4 is 17.6 Å². The highest BCUT2D eigenvalue weighted by molar-refractivity contribution is 6.30. The van der Waals surface area contributed by atoms with E-state index < -0.39 is 24.2 Å². The number of hydrogen-bond acceptors (Lipinski definition) is 3. The van der Waals surface area contributed by atoms with Gasteiger partial charge in [0.2, 0.25) is 5.88 Å². The molecule has 0 radical (unpaired) electrons. The molecule has 0 aliphatic heterocycles. The molecule has 2 aromatic carbocycles. The van der Waals surface area contributed by atoms with Gasteiger partial charge < -0.3 is 9.84 Å². The Morgan fingerprint density at radius 1 is 1.00 bits per heavy atom. The first-order valence-electron chi connectivity index (χ1n) is 7.50. The molecule has 132 valence electrons. The normalized spacial score (nSPS) is 10.6. The van der Waals surface area contributed by atoms with Crippen LogP contribution in [0.15, 0.2) is 54.6 Å². The number of nitrogens with zero attached hydrogens (tertiary/aromatic N) is 1. The first-order chi connectivity index (χ1) is 12.4. The van der Waals surface area contributed by atoms with Crippen LogP contribution in [0.3, 0.4) is 0 Å². The summed E-state index contributed by atoms with van der Waals surface area (Å²) < 4.78 is 32.1. The molecule has 0 saturated heterocycles. The third-order valence-electron chi connectivity index (χ3n) is 3.54. The molecule has 1 heterocycles. The smallest absolute Gasteiger partial charge is 0.341 e. The monoisotopic (exact) mass is 375 g/mol. The lowest BCUT2D eigenvalue weighted by Gasteiger charge is -2.10. The number of aromatic nitrogens is 1. The predicted molar refractivity (Wildman–Crippen MR) is 93.2 cm³/mol. The number of ether oxygens (including phenoxy) is 1. The molecular weight excluding hydrogens is 364 g/mol. The van der Waals surface area contributed by atoms with Crippen LogP contribution in [0.2, 0.25) is 5.02 Å². The Labute approximate surface area is 152 Å². The SMILES string of the molecule is O=C(O)COc1cc(-c2ccc(Cl)c(F)c2)cc(-c2ccc(F)cc2)n1. The summed E-state index contributed by atoms with van der Waals surface area (Å²) in [5, 5.41) is 8.78. The van der Waals surface area contributed by atoms with Gasteiger partial charge in [0.05, 0.1) is 10.7 Å². The minimum absolute atomic E-state index is 0.0103. The van der Waals surface area contributed by atoms with Gasteiger partial charge in [0.15, 0.2) is 6.61 Å². The van der Waals surface area contributed by atoms with Gasteiger partial charge in [-0.15, -0.1) is 0 Å². The van der Waals surface area contributed by atoms with Crippen molar-refractivity contribution in [3.8, 4) is 28.3 Å². The quantitative estimate of drug-likeness (QED) is 0.695. The van der Waals surface area contributed by atoms with Crippen molar-refractivity contribution in [2.24, 2.45) is 0 Å². The lowest BCUT2D eigenvalue weighted by Crippen LogP contribution is -2.10. The van der Waals surface area contributed by atoms with E-state index in [4.69, 9.17) is 21.4 Å². The highest BCUT2D eigenvalue weighted by atomic mass is 35.5. The Balaban J connectivity index is 2.08. The summed E-state index contributed by atoms with van der Waals surface area (Å²) in [4.78, 5) is 15.0. The van der Waals surface area contributed by atoms with Crippen LogP contribution in [0, 0.1) is 11.6 Å². The molecule has 0 saturated carbocycles. The molecule has 1 aromatic heterocycles. The summed E-state index contributed by atoms with van der Waals surface area (Å²) in [6.45, 7) is -0.575. The van der Waals surface area contributed by atoms with E-state index in [1.54, 1.807) is 12.1 Å². The van der Waals surface area contributed by atoms with E-state index in [0.29, 0.717) is 22.4 Å². The number of carbonyl (C=O) groups is 1. The van der Waals surface area contributed by atoms with Gasteiger partial charge in [-0.25, -0.2) is 18.6 Å². The Kier molecular flexibility index (Phi) is 5.14. The zero-order valence-electron chi connectivity index (χ0n) is 13.2. The zero-order valence-corrected chi connectivity index (χ0v) is 14.0. The Bertz CT molecular complexity index is 961. The minimum Gasteiger partial charge on any atom is -0.479 e.